The topological polar surface area (TPSA) is 45.5 Å². The number of halogens is 1. The van der Waals surface area contributed by atoms with E-state index in [0.29, 0.717) is 11.5 Å². The molecule has 21 heavy (non-hydrogen) atoms. The molecule has 2 aliphatic rings. The van der Waals surface area contributed by atoms with Crippen LogP contribution in [0.25, 0.3) is 11.0 Å². The van der Waals surface area contributed by atoms with E-state index in [4.69, 9.17) is 4.42 Å². The van der Waals surface area contributed by atoms with Gasteiger partial charge in [-0.05, 0) is 37.4 Å². The molecule has 2 atom stereocenters. The fourth-order valence-electron chi connectivity index (χ4n) is 3.53. The van der Waals surface area contributed by atoms with Crippen molar-refractivity contribution in [3.05, 3.63) is 36.1 Å². The maximum atomic E-state index is 12.7. The van der Waals surface area contributed by atoms with Crippen LogP contribution in [0.4, 0.5) is 0 Å². The fourth-order valence-corrected chi connectivity index (χ4v) is 3.53. The van der Waals surface area contributed by atoms with E-state index in [9.17, 15) is 4.79 Å². The van der Waals surface area contributed by atoms with Gasteiger partial charge >= 0.3 is 0 Å². The Bertz CT molecular complexity index is 655. The summed E-state index contributed by atoms with van der Waals surface area (Å²) in [7, 11) is 0. The zero-order valence-electron chi connectivity index (χ0n) is 11.7. The second-order valence-electron chi connectivity index (χ2n) is 5.86. The first-order valence-electron chi connectivity index (χ1n) is 7.29. The predicted octanol–water partition coefficient (Wildman–Crippen LogP) is 2.54. The zero-order chi connectivity index (χ0) is 13.5. The molecule has 0 radical (unpaired) electrons. The SMILES string of the molecule is Cl.O=C(c1coc2ccccc12)N1CCC2CNCC2C1. The molecule has 3 heterocycles. The van der Waals surface area contributed by atoms with Crippen LogP contribution in [-0.4, -0.2) is 37.0 Å². The second-order valence-corrected chi connectivity index (χ2v) is 5.86. The third-order valence-electron chi connectivity index (χ3n) is 4.70. The van der Waals surface area contributed by atoms with Crippen LogP contribution < -0.4 is 5.32 Å². The van der Waals surface area contributed by atoms with Crippen molar-refractivity contribution in [2.45, 2.75) is 6.42 Å². The molecule has 112 valence electrons. The van der Waals surface area contributed by atoms with Crippen molar-refractivity contribution in [3.8, 4) is 0 Å². The third-order valence-corrected chi connectivity index (χ3v) is 4.70. The van der Waals surface area contributed by atoms with Gasteiger partial charge in [0.05, 0.1) is 5.56 Å². The Kier molecular flexibility index (Phi) is 3.91. The molecule has 2 aliphatic heterocycles. The van der Waals surface area contributed by atoms with E-state index in [2.05, 4.69) is 5.32 Å². The first kappa shape index (κ1) is 14.4. The largest absolute Gasteiger partial charge is 0.463 e. The number of piperidine rings is 1. The summed E-state index contributed by atoms with van der Waals surface area (Å²) in [6.07, 6.45) is 2.71. The van der Waals surface area contributed by atoms with E-state index in [1.54, 1.807) is 6.26 Å². The Hall–Kier alpha value is -1.52. The molecule has 5 heteroatoms. The molecule has 4 rings (SSSR count). The van der Waals surface area contributed by atoms with Crippen LogP contribution in [0.15, 0.2) is 34.9 Å². The van der Waals surface area contributed by atoms with Gasteiger partial charge in [-0.25, -0.2) is 0 Å². The van der Waals surface area contributed by atoms with Gasteiger partial charge < -0.3 is 14.6 Å². The minimum Gasteiger partial charge on any atom is -0.463 e. The Morgan fingerprint density at radius 1 is 1.24 bits per heavy atom. The van der Waals surface area contributed by atoms with Crippen molar-refractivity contribution in [1.82, 2.24) is 10.2 Å². The Labute approximate surface area is 129 Å². The number of benzene rings is 1. The summed E-state index contributed by atoms with van der Waals surface area (Å²) in [5.74, 6) is 1.48. The lowest BCUT2D eigenvalue weighted by Crippen LogP contribution is -2.43. The molecule has 1 aromatic heterocycles. The molecule has 2 aromatic rings. The monoisotopic (exact) mass is 306 g/mol. The molecule has 0 saturated carbocycles. The van der Waals surface area contributed by atoms with Crippen molar-refractivity contribution < 1.29 is 9.21 Å². The number of furan rings is 1. The van der Waals surface area contributed by atoms with Gasteiger partial charge in [-0.2, -0.15) is 0 Å². The van der Waals surface area contributed by atoms with E-state index in [-0.39, 0.29) is 18.3 Å². The third kappa shape index (κ3) is 2.43. The minimum absolute atomic E-state index is 0. The highest BCUT2D eigenvalue weighted by Gasteiger charge is 2.35. The summed E-state index contributed by atoms with van der Waals surface area (Å²) >= 11 is 0. The highest BCUT2D eigenvalue weighted by Crippen LogP contribution is 2.29. The number of rotatable bonds is 1. The maximum absolute atomic E-state index is 12.7. The lowest BCUT2D eigenvalue weighted by atomic mass is 9.88. The molecule has 0 aliphatic carbocycles. The van der Waals surface area contributed by atoms with Crippen LogP contribution in [0.2, 0.25) is 0 Å². The number of nitrogens with one attached hydrogen (secondary N) is 1. The van der Waals surface area contributed by atoms with Crippen LogP contribution in [0, 0.1) is 11.8 Å². The average Bonchev–Trinajstić information content (AvgIpc) is 3.12. The molecule has 2 unspecified atom stereocenters. The number of amides is 1. The number of fused-ring (bicyclic) bond motifs is 2. The van der Waals surface area contributed by atoms with Crippen molar-refractivity contribution in [1.29, 1.82) is 0 Å². The van der Waals surface area contributed by atoms with Crippen LogP contribution in [0.1, 0.15) is 16.8 Å². The molecular weight excluding hydrogens is 288 g/mol. The number of para-hydroxylation sites is 1. The van der Waals surface area contributed by atoms with E-state index < -0.39 is 0 Å². The summed E-state index contributed by atoms with van der Waals surface area (Å²) in [5, 5.41) is 4.35. The Morgan fingerprint density at radius 3 is 2.95 bits per heavy atom. The highest BCUT2D eigenvalue weighted by molar-refractivity contribution is 6.05. The number of likely N-dealkylation sites (tertiary alicyclic amines) is 1. The van der Waals surface area contributed by atoms with Crippen molar-refractivity contribution in [2.75, 3.05) is 26.2 Å². The average molecular weight is 307 g/mol. The van der Waals surface area contributed by atoms with Crippen molar-refractivity contribution in [2.24, 2.45) is 11.8 Å². The number of hydrogen-bond donors (Lipinski definition) is 1. The van der Waals surface area contributed by atoms with Gasteiger partial charge in [-0.1, -0.05) is 18.2 Å². The molecule has 2 saturated heterocycles. The van der Waals surface area contributed by atoms with Crippen LogP contribution in [-0.2, 0) is 0 Å². The summed E-state index contributed by atoms with van der Waals surface area (Å²) < 4.78 is 5.49. The van der Waals surface area contributed by atoms with Crippen LogP contribution in [0.5, 0.6) is 0 Å². The molecule has 1 N–H and O–H groups in total. The van der Waals surface area contributed by atoms with E-state index in [0.717, 1.165) is 49.5 Å². The lowest BCUT2D eigenvalue weighted by Gasteiger charge is -2.34. The standard InChI is InChI=1S/C16H18N2O2.ClH/c19-16(14-10-20-15-4-2-1-3-13(14)15)18-6-5-11-7-17-8-12(11)9-18;/h1-4,10-12,17H,5-9H2;1H. The Morgan fingerprint density at radius 2 is 2.05 bits per heavy atom. The van der Waals surface area contributed by atoms with E-state index in [1.807, 2.05) is 29.2 Å². The van der Waals surface area contributed by atoms with Crippen molar-refractivity contribution >= 4 is 29.3 Å². The fraction of sp³-hybridized carbons (Fsp3) is 0.438. The first-order chi connectivity index (χ1) is 9.83. The summed E-state index contributed by atoms with van der Waals surface area (Å²) in [5.41, 5.74) is 1.48. The lowest BCUT2D eigenvalue weighted by molar-refractivity contribution is 0.0643. The van der Waals surface area contributed by atoms with Gasteiger partial charge in [0.15, 0.2) is 0 Å². The minimum atomic E-state index is 0. The smallest absolute Gasteiger partial charge is 0.257 e. The Balaban J connectivity index is 0.00000132. The van der Waals surface area contributed by atoms with Gasteiger partial charge in [-0.15, -0.1) is 12.4 Å². The molecule has 2 fully saturated rings. The summed E-state index contributed by atoms with van der Waals surface area (Å²) in [6, 6.07) is 7.73. The molecule has 4 nitrogen and oxygen atoms in total. The predicted molar refractivity (Wildman–Crippen MR) is 83.8 cm³/mol. The molecule has 0 bridgehead atoms. The molecule has 0 spiro atoms. The van der Waals surface area contributed by atoms with Gasteiger partial charge in [0, 0.05) is 18.5 Å². The molecule has 1 amide bonds. The molecular formula is C16H19ClN2O2. The van der Waals surface area contributed by atoms with Crippen LogP contribution in [0.3, 0.4) is 0 Å². The quantitative estimate of drug-likeness (QED) is 0.880. The maximum Gasteiger partial charge on any atom is 0.257 e. The first-order valence-corrected chi connectivity index (χ1v) is 7.29. The zero-order valence-corrected chi connectivity index (χ0v) is 12.6. The van der Waals surface area contributed by atoms with Gasteiger partial charge in [0.25, 0.3) is 5.91 Å². The van der Waals surface area contributed by atoms with Gasteiger partial charge in [-0.3, -0.25) is 4.79 Å². The number of hydrogen-bond acceptors (Lipinski definition) is 3. The molecule has 1 aromatic carbocycles. The number of carbonyl (C=O) groups is 1. The summed E-state index contributed by atoms with van der Waals surface area (Å²) in [6.45, 7) is 3.89. The highest BCUT2D eigenvalue weighted by atomic mass is 35.5. The van der Waals surface area contributed by atoms with Gasteiger partial charge in [0.1, 0.15) is 11.8 Å². The number of nitrogens with zero attached hydrogens (tertiary/aromatic N) is 1. The van der Waals surface area contributed by atoms with E-state index >= 15 is 0 Å². The van der Waals surface area contributed by atoms with Gasteiger partial charge in [0.2, 0.25) is 0 Å². The normalized spacial score (nSPS) is 24.7. The van der Waals surface area contributed by atoms with E-state index in [1.165, 1.54) is 0 Å². The second kappa shape index (κ2) is 5.70. The van der Waals surface area contributed by atoms with Crippen LogP contribution >= 0.6 is 12.4 Å². The number of carbonyl (C=O) groups excluding carboxylic acids is 1. The van der Waals surface area contributed by atoms with Crippen molar-refractivity contribution in [3.63, 3.8) is 0 Å². The summed E-state index contributed by atoms with van der Waals surface area (Å²) in [4.78, 5) is 14.7.